The zero-order valence-corrected chi connectivity index (χ0v) is 10.4. The van der Waals surface area contributed by atoms with Crippen molar-refractivity contribution in [1.29, 1.82) is 0 Å². The van der Waals surface area contributed by atoms with Crippen LogP contribution in [0.5, 0.6) is 0 Å². The van der Waals surface area contributed by atoms with Gasteiger partial charge in [0.15, 0.2) is 0 Å². The molecule has 0 aliphatic carbocycles. The number of para-hydroxylation sites is 1. The van der Waals surface area contributed by atoms with Crippen LogP contribution >= 0.6 is 0 Å². The first kappa shape index (κ1) is 14.1. The van der Waals surface area contributed by atoms with E-state index < -0.39 is 16.9 Å². The Morgan fingerprint density at radius 3 is 2.67 bits per heavy atom. The van der Waals surface area contributed by atoms with Crippen molar-refractivity contribution in [1.82, 2.24) is 4.90 Å². The predicted octanol–water partition coefficient (Wildman–Crippen LogP) is 1.44. The van der Waals surface area contributed by atoms with E-state index in [1.165, 1.54) is 23.1 Å². The summed E-state index contributed by atoms with van der Waals surface area (Å²) in [5.41, 5.74) is -0.137. The molecule has 0 aliphatic rings. The van der Waals surface area contributed by atoms with Crippen molar-refractivity contribution < 1.29 is 14.8 Å². The Hall–Kier alpha value is -1.95. The molecule has 0 radical (unpaired) electrons. The molecule has 0 spiro atoms. The minimum absolute atomic E-state index is 0.0654. The molecule has 0 bridgehead atoms. The van der Waals surface area contributed by atoms with Gasteiger partial charge in [0.1, 0.15) is 5.56 Å². The number of amides is 1. The van der Waals surface area contributed by atoms with Crippen LogP contribution in [0.25, 0.3) is 0 Å². The van der Waals surface area contributed by atoms with Gasteiger partial charge >= 0.3 is 0 Å². The zero-order valence-electron chi connectivity index (χ0n) is 10.4. The quantitative estimate of drug-likeness (QED) is 0.634. The van der Waals surface area contributed by atoms with Crippen LogP contribution in [0.1, 0.15) is 23.7 Å². The molecule has 0 fully saturated rings. The van der Waals surface area contributed by atoms with E-state index in [1.54, 1.807) is 20.0 Å². The number of nitrogens with zero attached hydrogens (tertiary/aromatic N) is 2. The van der Waals surface area contributed by atoms with Crippen LogP contribution in [0.3, 0.4) is 0 Å². The Balaban J connectivity index is 2.86. The molecule has 1 aromatic carbocycles. The molecule has 0 aliphatic heterocycles. The number of nitro benzene ring substituents is 1. The van der Waals surface area contributed by atoms with Gasteiger partial charge in [0.05, 0.1) is 11.0 Å². The monoisotopic (exact) mass is 252 g/mol. The lowest BCUT2D eigenvalue weighted by molar-refractivity contribution is -0.385. The molecular weight excluding hydrogens is 236 g/mol. The molecule has 0 saturated carbocycles. The predicted molar refractivity (Wildman–Crippen MR) is 66.4 cm³/mol. The molecule has 1 N–H and O–H groups in total. The maximum Gasteiger partial charge on any atom is 0.282 e. The van der Waals surface area contributed by atoms with Crippen LogP contribution in [0.15, 0.2) is 24.3 Å². The smallest absolute Gasteiger partial charge is 0.282 e. The second-order valence-electron chi connectivity index (χ2n) is 4.14. The summed E-state index contributed by atoms with van der Waals surface area (Å²) < 4.78 is 0. The minimum atomic E-state index is -0.574. The Bertz CT molecular complexity index is 445. The van der Waals surface area contributed by atoms with Crippen molar-refractivity contribution in [2.24, 2.45) is 0 Å². The Morgan fingerprint density at radius 2 is 2.11 bits per heavy atom. The molecular formula is C12H16N2O4. The number of carbonyl (C=O) groups excluding carboxylic acids is 1. The van der Waals surface area contributed by atoms with Gasteiger partial charge in [-0.3, -0.25) is 14.9 Å². The van der Waals surface area contributed by atoms with E-state index in [1.807, 2.05) is 0 Å². The third-order valence-electron chi connectivity index (χ3n) is 2.56. The fraction of sp³-hybridized carbons (Fsp3) is 0.417. The summed E-state index contributed by atoms with van der Waals surface area (Å²) in [5.74, 6) is -0.414. The second-order valence-corrected chi connectivity index (χ2v) is 4.14. The lowest BCUT2D eigenvalue weighted by atomic mass is 10.1. The minimum Gasteiger partial charge on any atom is -0.393 e. The Kier molecular flexibility index (Phi) is 4.79. The number of nitro groups is 1. The molecule has 0 aromatic heterocycles. The fourth-order valence-corrected chi connectivity index (χ4v) is 1.50. The number of benzene rings is 1. The molecule has 6 heteroatoms. The molecule has 0 saturated heterocycles. The summed E-state index contributed by atoms with van der Waals surface area (Å²) in [6.45, 7) is 1.98. The zero-order chi connectivity index (χ0) is 13.7. The van der Waals surface area contributed by atoms with Gasteiger partial charge < -0.3 is 10.0 Å². The molecule has 98 valence electrons. The van der Waals surface area contributed by atoms with Crippen molar-refractivity contribution in [2.45, 2.75) is 19.4 Å². The number of rotatable bonds is 5. The average Bonchev–Trinajstić information content (AvgIpc) is 2.34. The molecule has 1 aromatic rings. The van der Waals surface area contributed by atoms with E-state index in [0.29, 0.717) is 13.0 Å². The van der Waals surface area contributed by atoms with E-state index >= 15 is 0 Å². The molecule has 18 heavy (non-hydrogen) atoms. The van der Waals surface area contributed by atoms with Gasteiger partial charge in [-0.25, -0.2) is 0 Å². The maximum absolute atomic E-state index is 12.0. The number of hydrogen-bond donors (Lipinski definition) is 1. The van der Waals surface area contributed by atoms with Crippen LogP contribution in [-0.2, 0) is 0 Å². The van der Waals surface area contributed by atoms with Crippen molar-refractivity contribution in [2.75, 3.05) is 13.6 Å². The first-order valence-corrected chi connectivity index (χ1v) is 5.60. The van der Waals surface area contributed by atoms with Crippen LogP contribution < -0.4 is 0 Å². The highest BCUT2D eigenvalue weighted by Gasteiger charge is 2.21. The topological polar surface area (TPSA) is 83.7 Å². The number of carbonyl (C=O) groups is 1. The van der Waals surface area contributed by atoms with Gasteiger partial charge in [-0.2, -0.15) is 0 Å². The van der Waals surface area contributed by atoms with Crippen LogP contribution in [0.4, 0.5) is 5.69 Å². The summed E-state index contributed by atoms with van der Waals surface area (Å²) >= 11 is 0. The van der Waals surface area contributed by atoms with Crippen LogP contribution in [0, 0.1) is 10.1 Å². The SMILES string of the molecule is CC(O)CCN(C)C(=O)c1ccccc1[N+](=O)[O-]. The molecule has 0 heterocycles. The van der Waals surface area contributed by atoms with E-state index in [-0.39, 0.29) is 11.3 Å². The van der Waals surface area contributed by atoms with Gasteiger partial charge in [-0.1, -0.05) is 12.1 Å². The standard InChI is InChI=1S/C12H16N2O4/c1-9(15)7-8-13(2)12(16)10-5-3-4-6-11(10)14(17)18/h3-6,9,15H,7-8H2,1-2H3. The van der Waals surface area contributed by atoms with Crippen LogP contribution in [0.2, 0.25) is 0 Å². The highest BCUT2D eigenvalue weighted by atomic mass is 16.6. The van der Waals surface area contributed by atoms with Gasteiger partial charge in [0.25, 0.3) is 11.6 Å². The summed E-state index contributed by atoms with van der Waals surface area (Å²) in [6.07, 6.45) is -0.0749. The van der Waals surface area contributed by atoms with Crippen molar-refractivity contribution in [3.63, 3.8) is 0 Å². The normalized spacial score (nSPS) is 11.9. The Morgan fingerprint density at radius 1 is 1.50 bits per heavy atom. The van der Waals surface area contributed by atoms with E-state index in [0.717, 1.165) is 0 Å². The highest BCUT2D eigenvalue weighted by Crippen LogP contribution is 2.19. The third kappa shape index (κ3) is 3.53. The third-order valence-corrected chi connectivity index (χ3v) is 2.56. The van der Waals surface area contributed by atoms with E-state index in [2.05, 4.69) is 0 Å². The summed E-state index contributed by atoms with van der Waals surface area (Å²) in [5, 5.41) is 20.0. The summed E-state index contributed by atoms with van der Waals surface area (Å²) in [7, 11) is 1.56. The summed E-state index contributed by atoms with van der Waals surface area (Å²) in [6, 6.07) is 5.84. The molecule has 1 amide bonds. The van der Waals surface area contributed by atoms with Gasteiger partial charge in [0.2, 0.25) is 0 Å². The molecule has 6 nitrogen and oxygen atoms in total. The van der Waals surface area contributed by atoms with Gasteiger partial charge in [-0.15, -0.1) is 0 Å². The number of aliphatic hydroxyl groups excluding tert-OH is 1. The first-order chi connectivity index (χ1) is 8.43. The van der Waals surface area contributed by atoms with Crippen LogP contribution in [-0.4, -0.2) is 40.5 Å². The average molecular weight is 252 g/mol. The van der Waals surface area contributed by atoms with Gasteiger partial charge in [0, 0.05) is 19.7 Å². The number of hydrogen-bond acceptors (Lipinski definition) is 4. The summed E-state index contributed by atoms with van der Waals surface area (Å²) in [4.78, 5) is 23.6. The fourth-order valence-electron chi connectivity index (χ4n) is 1.50. The molecule has 1 atom stereocenters. The van der Waals surface area contributed by atoms with Gasteiger partial charge in [-0.05, 0) is 19.4 Å². The number of aliphatic hydroxyl groups is 1. The van der Waals surface area contributed by atoms with Crippen molar-refractivity contribution in [3.8, 4) is 0 Å². The van der Waals surface area contributed by atoms with Crippen molar-refractivity contribution in [3.05, 3.63) is 39.9 Å². The lowest BCUT2D eigenvalue weighted by Crippen LogP contribution is -2.29. The molecule has 1 unspecified atom stereocenters. The first-order valence-electron chi connectivity index (χ1n) is 5.60. The second kappa shape index (κ2) is 6.11. The Labute approximate surface area is 105 Å². The van der Waals surface area contributed by atoms with E-state index in [9.17, 15) is 14.9 Å². The maximum atomic E-state index is 12.0. The van der Waals surface area contributed by atoms with E-state index in [4.69, 9.17) is 5.11 Å². The largest absolute Gasteiger partial charge is 0.393 e. The lowest BCUT2D eigenvalue weighted by Gasteiger charge is -2.17. The molecule has 1 rings (SSSR count). The highest BCUT2D eigenvalue weighted by molar-refractivity contribution is 5.97. The van der Waals surface area contributed by atoms with Crippen molar-refractivity contribution >= 4 is 11.6 Å².